The number of hydrogen-bond donors (Lipinski definition) is 3. The average Bonchev–Trinajstić information content (AvgIpc) is 3.01. The molecule has 25 heavy (non-hydrogen) atoms. The molecule has 0 aliphatic heterocycles. The maximum Gasteiger partial charge on any atom is 0.407 e. The van der Waals surface area contributed by atoms with E-state index >= 15 is 0 Å². The van der Waals surface area contributed by atoms with Crippen molar-refractivity contribution in [2.24, 2.45) is 0 Å². The third kappa shape index (κ3) is 4.52. The molecular formula is C19H18N4O2. The van der Waals surface area contributed by atoms with Gasteiger partial charge in [-0.3, -0.25) is 5.10 Å². The molecule has 3 aromatic rings. The van der Waals surface area contributed by atoms with E-state index in [4.69, 9.17) is 10.5 Å². The second kappa shape index (κ2) is 7.88. The van der Waals surface area contributed by atoms with Crippen LogP contribution in [0.25, 0.3) is 10.9 Å². The summed E-state index contributed by atoms with van der Waals surface area (Å²) in [7, 11) is 0. The number of nitrogens with zero attached hydrogens (tertiary/aromatic N) is 1. The molecule has 0 atom stereocenters. The van der Waals surface area contributed by atoms with Crippen molar-refractivity contribution in [3.05, 3.63) is 59.7 Å². The van der Waals surface area contributed by atoms with Gasteiger partial charge in [0.1, 0.15) is 6.61 Å². The van der Waals surface area contributed by atoms with Crippen LogP contribution in [-0.2, 0) is 11.3 Å². The molecule has 0 bridgehead atoms. The van der Waals surface area contributed by atoms with Gasteiger partial charge in [0, 0.05) is 23.9 Å². The number of anilines is 1. The molecule has 1 heterocycles. The molecule has 0 spiro atoms. The molecule has 3 rings (SSSR count). The van der Waals surface area contributed by atoms with E-state index in [-0.39, 0.29) is 6.61 Å². The minimum absolute atomic E-state index is 0.256. The van der Waals surface area contributed by atoms with Gasteiger partial charge >= 0.3 is 6.09 Å². The first-order valence-electron chi connectivity index (χ1n) is 7.89. The van der Waals surface area contributed by atoms with Crippen molar-refractivity contribution in [3.8, 4) is 11.8 Å². The lowest BCUT2D eigenvalue weighted by Gasteiger charge is -2.05. The minimum atomic E-state index is -0.444. The van der Waals surface area contributed by atoms with Gasteiger partial charge in [-0.25, -0.2) is 4.79 Å². The highest BCUT2D eigenvalue weighted by molar-refractivity contribution is 5.89. The number of H-pyrrole nitrogens is 1. The highest BCUT2D eigenvalue weighted by Crippen LogP contribution is 2.18. The number of fused-ring (bicyclic) bond motifs is 1. The van der Waals surface area contributed by atoms with Crippen LogP contribution < -0.4 is 11.1 Å². The van der Waals surface area contributed by atoms with Crippen LogP contribution in [-0.4, -0.2) is 22.8 Å². The van der Waals surface area contributed by atoms with E-state index in [1.165, 1.54) is 0 Å². The summed E-state index contributed by atoms with van der Waals surface area (Å²) in [4.78, 5) is 11.6. The first kappa shape index (κ1) is 16.4. The fourth-order valence-corrected chi connectivity index (χ4v) is 2.28. The Morgan fingerprint density at radius 1 is 1.24 bits per heavy atom. The number of carbonyl (C=O) groups excluding carboxylic acids is 1. The van der Waals surface area contributed by atoms with Gasteiger partial charge < -0.3 is 15.8 Å². The van der Waals surface area contributed by atoms with Gasteiger partial charge in [0.2, 0.25) is 0 Å². The molecule has 0 aliphatic rings. The van der Waals surface area contributed by atoms with E-state index in [1.807, 2.05) is 48.5 Å². The fraction of sp³-hybridized carbons (Fsp3) is 0.158. The number of hydrogen-bond acceptors (Lipinski definition) is 4. The summed E-state index contributed by atoms with van der Waals surface area (Å²) in [6.45, 7) is 0.686. The molecule has 0 saturated heterocycles. The lowest BCUT2D eigenvalue weighted by molar-refractivity contribution is 0.140. The summed E-state index contributed by atoms with van der Waals surface area (Å²) in [5.41, 5.74) is 8.39. The molecule has 0 unspecified atom stereocenters. The fourth-order valence-electron chi connectivity index (χ4n) is 2.28. The number of ether oxygens (including phenoxy) is 1. The second-order valence-corrected chi connectivity index (χ2v) is 5.41. The van der Waals surface area contributed by atoms with Crippen molar-refractivity contribution in [1.29, 1.82) is 0 Å². The monoisotopic (exact) mass is 334 g/mol. The Bertz CT molecular complexity index is 923. The number of alkyl carbamates (subject to hydrolysis) is 1. The highest BCUT2D eigenvalue weighted by Gasteiger charge is 2.02. The number of nitrogens with two attached hydrogens (primary N) is 1. The van der Waals surface area contributed by atoms with Crippen molar-refractivity contribution in [1.82, 2.24) is 15.5 Å². The Balaban J connectivity index is 1.42. The van der Waals surface area contributed by atoms with Gasteiger partial charge in [0.05, 0.1) is 5.52 Å². The molecule has 2 aromatic carbocycles. The number of rotatable bonds is 4. The number of aromatic amines is 1. The molecule has 0 aliphatic carbocycles. The lowest BCUT2D eigenvalue weighted by atomic mass is 10.1. The Labute approximate surface area is 145 Å². The molecule has 0 saturated carbocycles. The van der Waals surface area contributed by atoms with Crippen LogP contribution in [0.15, 0.2) is 48.5 Å². The molecule has 4 N–H and O–H groups in total. The third-order valence-electron chi connectivity index (χ3n) is 3.56. The van der Waals surface area contributed by atoms with Crippen LogP contribution in [0.3, 0.4) is 0 Å². The number of benzene rings is 2. The predicted octanol–water partition coefficient (Wildman–Crippen LogP) is 2.81. The number of nitrogens with one attached hydrogen (secondary N) is 2. The van der Waals surface area contributed by atoms with E-state index in [1.54, 1.807) is 0 Å². The maximum atomic E-state index is 11.6. The Morgan fingerprint density at radius 2 is 2.08 bits per heavy atom. The van der Waals surface area contributed by atoms with Gasteiger partial charge in [-0.15, -0.1) is 0 Å². The van der Waals surface area contributed by atoms with Crippen LogP contribution in [0.5, 0.6) is 0 Å². The van der Waals surface area contributed by atoms with Gasteiger partial charge in [-0.2, -0.15) is 5.10 Å². The summed E-state index contributed by atoms with van der Waals surface area (Å²) in [6, 6.07) is 15.2. The number of carbonyl (C=O) groups is 1. The first-order chi connectivity index (χ1) is 12.2. The van der Waals surface area contributed by atoms with Crippen LogP contribution in [0.1, 0.15) is 17.5 Å². The molecule has 1 aromatic heterocycles. The van der Waals surface area contributed by atoms with Gasteiger partial charge in [0.25, 0.3) is 0 Å². The number of nitrogen functional groups attached to an aromatic ring is 1. The molecule has 1 amide bonds. The van der Waals surface area contributed by atoms with Crippen molar-refractivity contribution in [3.63, 3.8) is 0 Å². The van der Waals surface area contributed by atoms with Crippen LogP contribution in [0, 0.1) is 11.8 Å². The summed E-state index contributed by atoms with van der Waals surface area (Å²) in [5, 5.41) is 10.4. The van der Waals surface area contributed by atoms with Crippen LogP contribution >= 0.6 is 0 Å². The van der Waals surface area contributed by atoms with Crippen molar-refractivity contribution in [2.45, 2.75) is 13.0 Å². The second-order valence-electron chi connectivity index (χ2n) is 5.41. The topological polar surface area (TPSA) is 93.0 Å². The van der Waals surface area contributed by atoms with Gasteiger partial charge in [0.15, 0.2) is 5.82 Å². The third-order valence-corrected chi connectivity index (χ3v) is 3.56. The first-order valence-corrected chi connectivity index (χ1v) is 7.89. The highest BCUT2D eigenvalue weighted by atomic mass is 16.5. The number of aromatic nitrogens is 2. The normalized spacial score (nSPS) is 10.1. The molecule has 6 heteroatoms. The zero-order valence-electron chi connectivity index (χ0n) is 13.6. The smallest absolute Gasteiger partial charge is 0.407 e. The maximum absolute atomic E-state index is 11.6. The predicted molar refractivity (Wildman–Crippen MR) is 96.6 cm³/mol. The quantitative estimate of drug-likeness (QED) is 0.505. The minimum Gasteiger partial charge on any atom is -0.445 e. The summed E-state index contributed by atoms with van der Waals surface area (Å²) in [5.74, 6) is 6.54. The summed E-state index contributed by atoms with van der Waals surface area (Å²) in [6.07, 6.45) is 0.0869. The van der Waals surface area contributed by atoms with E-state index in [0.717, 1.165) is 22.0 Å². The zero-order valence-corrected chi connectivity index (χ0v) is 13.6. The van der Waals surface area contributed by atoms with Crippen molar-refractivity contribution < 1.29 is 9.53 Å². The molecule has 6 nitrogen and oxygen atoms in total. The zero-order chi connectivity index (χ0) is 17.5. The lowest BCUT2D eigenvalue weighted by Crippen LogP contribution is -2.24. The van der Waals surface area contributed by atoms with Crippen LogP contribution in [0.4, 0.5) is 10.6 Å². The Morgan fingerprint density at radius 3 is 2.92 bits per heavy atom. The van der Waals surface area contributed by atoms with Crippen molar-refractivity contribution in [2.75, 3.05) is 12.3 Å². The van der Waals surface area contributed by atoms with E-state index in [2.05, 4.69) is 27.4 Å². The summed E-state index contributed by atoms with van der Waals surface area (Å²) >= 11 is 0. The SMILES string of the molecule is Nc1n[nH]c2cc(C#CCCNC(=O)OCc3ccccc3)ccc12. The van der Waals surface area contributed by atoms with Crippen LogP contribution in [0.2, 0.25) is 0 Å². The Kier molecular flexibility index (Phi) is 5.17. The molecular weight excluding hydrogens is 316 g/mol. The molecule has 0 fully saturated rings. The van der Waals surface area contributed by atoms with Gasteiger partial charge in [-0.05, 0) is 23.8 Å². The van der Waals surface area contributed by atoms with E-state index in [0.29, 0.717) is 18.8 Å². The van der Waals surface area contributed by atoms with E-state index in [9.17, 15) is 4.79 Å². The van der Waals surface area contributed by atoms with Crippen molar-refractivity contribution >= 4 is 22.8 Å². The number of amides is 1. The standard InChI is InChI=1S/C19H18N4O2/c20-18-16-10-9-14(12-17(16)22-23-18)6-4-5-11-21-19(24)25-13-15-7-2-1-3-8-15/h1-3,7-10,12H,5,11,13H2,(H,21,24)(H3,20,22,23). The van der Waals surface area contributed by atoms with Gasteiger partial charge in [-0.1, -0.05) is 42.2 Å². The van der Waals surface area contributed by atoms with E-state index < -0.39 is 6.09 Å². The molecule has 0 radical (unpaired) electrons. The summed E-state index contributed by atoms with van der Waals surface area (Å²) < 4.78 is 5.12. The molecule has 126 valence electrons. The Hall–Kier alpha value is -3.46. The average molecular weight is 334 g/mol. The largest absolute Gasteiger partial charge is 0.445 e.